The molecule has 0 spiro atoms. The van der Waals surface area contributed by atoms with Crippen LogP contribution in [0.15, 0.2) is 90.0 Å². The number of aryl methyl sites for hydroxylation is 1. The molecule has 3 heteroatoms. The second-order valence-corrected chi connectivity index (χ2v) is 8.24. The van der Waals surface area contributed by atoms with Gasteiger partial charge in [0, 0.05) is 51.1 Å². The van der Waals surface area contributed by atoms with E-state index in [0.29, 0.717) is 0 Å². The predicted molar refractivity (Wildman–Crippen MR) is 141 cm³/mol. The molecular formula is C27H27IN2. The summed E-state index contributed by atoms with van der Waals surface area (Å²) in [5.41, 5.74) is 7.20. The first-order valence-electron chi connectivity index (χ1n) is 9.99. The number of halogens is 1. The van der Waals surface area contributed by atoms with Gasteiger partial charge in [-0.25, -0.2) is 0 Å². The SMILES string of the molecule is CN=C(C)\C(=C/C=C/C=C/C=C/c1c(C)n(C)c2ccccc12)c1ccccc1I. The molecule has 0 fully saturated rings. The van der Waals surface area contributed by atoms with Gasteiger partial charge in [0.2, 0.25) is 0 Å². The van der Waals surface area contributed by atoms with E-state index in [1.165, 1.54) is 31.3 Å². The Hall–Kier alpha value is -2.66. The topological polar surface area (TPSA) is 17.3 Å². The van der Waals surface area contributed by atoms with E-state index in [0.717, 1.165) is 11.3 Å². The third kappa shape index (κ3) is 4.90. The van der Waals surface area contributed by atoms with Gasteiger partial charge in [-0.2, -0.15) is 0 Å². The average Bonchev–Trinajstić information content (AvgIpc) is 3.01. The van der Waals surface area contributed by atoms with E-state index in [1.54, 1.807) is 0 Å². The Morgan fingerprint density at radius 3 is 2.37 bits per heavy atom. The van der Waals surface area contributed by atoms with Crippen LogP contribution in [0.2, 0.25) is 0 Å². The Balaban J connectivity index is 1.76. The maximum atomic E-state index is 4.38. The Morgan fingerprint density at radius 2 is 1.60 bits per heavy atom. The minimum absolute atomic E-state index is 1.03. The van der Waals surface area contributed by atoms with Gasteiger partial charge < -0.3 is 4.57 Å². The van der Waals surface area contributed by atoms with Crippen LogP contribution in [0.25, 0.3) is 22.6 Å². The summed E-state index contributed by atoms with van der Waals surface area (Å²) in [5.74, 6) is 0. The van der Waals surface area contributed by atoms with Gasteiger partial charge in [-0.1, -0.05) is 78.9 Å². The van der Waals surface area contributed by atoms with Crippen LogP contribution in [0.1, 0.15) is 23.7 Å². The molecule has 0 saturated carbocycles. The Bertz CT molecular complexity index is 1190. The van der Waals surface area contributed by atoms with Gasteiger partial charge in [0.15, 0.2) is 0 Å². The molecule has 1 aromatic heterocycles. The molecule has 2 aromatic carbocycles. The Labute approximate surface area is 193 Å². The van der Waals surface area contributed by atoms with E-state index in [2.05, 4.69) is 137 Å². The van der Waals surface area contributed by atoms with Crippen molar-refractivity contribution in [2.75, 3.05) is 7.05 Å². The van der Waals surface area contributed by atoms with Crippen molar-refractivity contribution in [3.63, 3.8) is 0 Å². The summed E-state index contributed by atoms with van der Waals surface area (Å²) in [4.78, 5) is 4.38. The summed E-state index contributed by atoms with van der Waals surface area (Å²) >= 11 is 2.38. The monoisotopic (exact) mass is 506 g/mol. The molecule has 0 aliphatic heterocycles. The first-order valence-corrected chi connectivity index (χ1v) is 11.1. The van der Waals surface area contributed by atoms with Crippen molar-refractivity contribution in [2.45, 2.75) is 13.8 Å². The fourth-order valence-electron chi connectivity index (χ4n) is 3.46. The van der Waals surface area contributed by atoms with E-state index in [-0.39, 0.29) is 0 Å². The van der Waals surface area contributed by atoms with Gasteiger partial charge in [0.1, 0.15) is 0 Å². The lowest BCUT2D eigenvalue weighted by Gasteiger charge is -2.08. The molecule has 0 saturated heterocycles. The van der Waals surface area contributed by atoms with Crippen LogP contribution in [-0.4, -0.2) is 17.3 Å². The van der Waals surface area contributed by atoms with Gasteiger partial charge in [-0.05, 0) is 54.1 Å². The molecule has 152 valence electrons. The zero-order chi connectivity index (χ0) is 21.5. The lowest BCUT2D eigenvalue weighted by molar-refractivity contribution is 0.916. The molecule has 0 aliphatic carbocycles. The highest BCUT2D eigenvalue weighted by molar-refractivity contribution is 14.1. The van der Waals surface area contributed by atoms with Crippen LogP contribution in [0.4, 0.5) is 0 Å². The van der Waals surface area contributed by atoms with Crippen molar-refractivity contribution >= 4 is 50.9 Å². The van der Waals surface area contributed by atoms with Gasteiger partial charge in [-0.3, -0.25) is 4.99 Å². The van der Waals surface area contributed by atoms with Crippen molar-refractivity contribution in [3.8, 4) is 0 Å². The number of aliphatic imine (C=N–C) groups is 1. The summed E-state index contributed by atoms with van der Waals surface area (Å²) < 4.78 is 3.47. The number of nitrogens with zero attached hydrogens (tertiary/aromatic N) is 2. The van der Waals surface area contributed by atoms with Crippen molar-refractivity contribution < 1.29 is 0 Å². The highest BCUT2D eigenvalue weighted by atomic mass is 127. The van der Waals surface area contributed by atoms with E-state index in [4.69, 9.17) is 0 Å². The molecule has 3 aromatic rings. The number of hydrogen-bond donors (Lipinski definition) is 0. The number of para-hydroxylation sites is 1. The molecule has 1 heterocycles. The van der Waals surface area contributed by atoms with Gasteiger partial charge in [-0.15, -0.1) is 0 Å². The van der Waals surface area contributed by atoms with Gasteiger partial charge in [0.05, 0.1) is 0 Å². The molecule has 0 amide bonds. The zero-order valence-electron chi connectivity index (χ0n) is 17.9. The van der Waals surface area contributed by atoms with Crippen LogP contribution < -0.4 is 0 Å². The first kappa shape index (κ1) is 22.0. The van der Waals surface area contributed by atoms with Crippen LogP contribution in [0, 0.1) is 10.5 Å². The molecule has 0 aliphatic rings. The Kier molecular flexibility index (Phi) is 7.63. The number of allylic oxidation sites excluding steroid dienone is 7. The highest BCUT2D eigenvalue weighted by Crippen LogP contribution is 2.26. The van der Waals surface area contributed by atoms with E-state index >= 15 is 0 Å². The standard InChI is InChI=1S/C27H27IN2/c1-20(29-3)22(24-16-10-12-18-26(24)28)14-8-6-5-7-9-15-23-21(2)30(4)27-19-13-11-17-25(23)27/h5-19H,1-4H3/b7-5+,8-6+,15-9+,22-14+,29-20?. The van der Waals surface area contributed by atoms with Crippen LogP contribution >= 0.6 is 22.6 Å². The summed E-state index contributed by atoms with van der Waals surface area (Å²) in [6, 6.07) is 16.9. The molecule has 30 heavy (non-hydrogen) atoms. The van der Waals surface area contributed by atoms with E-state index in [1.807, 2.05) is 14.0 Å². The second-order valence-electron chi connectivity index (χ2n) is 7.07. The lowest BCUT2D eigenvalue weighted by atomic mass is 10.0. The highest BCUT2D eigenvalue weighted by Gasteiger charge is 2.08. The molecule has 0 radical (unpaired) electrons. The summed E-state index contributed by atoms with van der Waals surface area (Å²) in [6.45, 7) is 4.21. The summed E-state index contributed by atoms with van der Waals surface area (Å²) in [5, 5.41) is 1.29. The number of rotatable bonds is 6. The number of aromatic nitrogens is 1. The maximum absolute atomic E-state index is 4.38. The molecule has 0 atom stereocenters. The van der Waals surface area contributed by atoms with E-state index in [9.17, 15) is 0 Å². The van der Waals surface area contributed by atoms with Crippen LogP contribution in [0.5, 0.6) is 0 Å². The smallest absolute Gasteiger partial charge is 0.0486 e. The van der Waals surface area contributed by atoms with Crippen LogP contribution in [0.3, 0.4) is 0 Å². The largest absolute Gasteiger partial charge is 0.347 e. The third-order valence-electron chi connectivity index (χ3n) is 5.31. The fraction of sp³-hybridized carbons (Fsp3) is 0.148. The minimum Gasteiger partial charge on any atom is -0.347 e. The van der Waals surface area contributed by atoms with Crippen molar-refractivity contribution in [3.05, 3.63) is 105 Å². The predicted octanol–water partition coefficient (Wildman–Crippen LogP) is 7.39. The summed E-state index contributed by atoms with van der Waals surface area (Å²) in [6.07, 6.45) is 14.7. The maximum Gasteiger partial charge on any atom is 0.0486 e. The normalized spacial score (nSPS) is 13.5. The number of fused-ring (bicyclic) bond motifs is 1. The molecule has 0 bridgehead atoms. The van der Waals surface area contributed by atoms with Crippen molar-refractivity contribution in [2.24, 2.45) is 12.0 Å². The number of benzene rings is 2. The second kappa shape index (κ2) is 10.4. The zero-order valence-corrected chi connectivity index (χ0v) is 20.1. The van der Waals surface area contributed by atoms with Crippen LogP contribution in [-0.2, 0) is 7.05 Å². The average molecular weight is 506 g/mol. The van der Waals surface area contributed by atoms with Gasteiger partial charge in [0.25, 0.3) is 0 Å². The third-order valence-corrected chi connectivity index (χ3v) is 6.25. The van der Waals surface area contributed by atoms with Crippen molar-refractivity contribution in [1.82, 2.24) is 4.57 Å². The van der Waals surface area contributed by atoms with Crippen molar-refractivity contribution in [1.29, 1.82) is 0 Å². The molecule has 2 nitrogen and oxygen atoms in total. The first-order chi connectivity index (χ1) is 14.5. The molecule has 0 unspecified atom stereocenters. The Morgan fingerprint density at radius 1 is 0.933 bits per heavy atom. The van der Waals surface area contributed by atoms with Gasteiger partial charge >= 0.3 is 0 Å². The molecular weight excluding hydrogens is 479 g/mol. The van der Waals surface area contributed by atoms with E-state index < -0.39 is 0 Å². The molecule has 0 N–H and O–H groups in total. The fourth-order valence-corrected chi connectivity index (χ4v) is 4.14. The lowest BCUT2D eigenvalue weighted by Crippen LogP contribution is -1.98. The minimum atomic E-state index is 1.03. The molecule has 3 rings (SSSR count). The number of hydrogen-bond acceptors (Lipinski definition) is 1. The quantitative estimate of drug-likeness (QED) is 0.188. The summed E-state index contributed by atoms with van der Waals surface area (Å²) in [7, 11) is 3.95.